The summed E-state index contributed by atoms with van der Waals surface area (Å²) in [4.78, 5) is 0.336. The van der Waals surface area contributed by atoms with E-state index >= 15 is 0 Å². The van der Waals surface area contributed by atoms with Crippen molar-refractivity contribution in [3.8, 4) is 0 Å². The van der Waals surface area contributed by atoms with Crippen LogP contribution in [-0.2, 0) is 22.1 Å². The molecule has 0 spiro atoms. The molecule has 2 N–H and O–H groups in total. The lowest BCUT2D eigenvalue weighted by Gasteiger charge is -2.09. The topological polar surface area (TPSA) is 60.2 Å². The molecule has 0 saturated heterocycles. The van der Waals surface area contributed by atoms with Gasteiger partial charge in [-0.1, -0.05) is 34.1 Å². The summed E-state index contributed by atoms with van der Waals surface area (Å²) < 4.78 is 25.6. The number of aryl methyl sites for hydroxylation is 1. The average molecular weight is 354 g/mol. The van der Waals surface area contributed by atoms with Crippen LogP contribution in [0.5, 0.6) is 0 Å². The van der Waals surface area contributed by atoms with Gasteiger partial charge in [0.2, 0.25) is 0 Å². The quantitative estimate of drug-likeness (QED) is 0.917. The molecular formula is C15H16BrNO2S. The van der Waals surface area contributed by atoms with Gasteiger partial charge in [0.1, 0.15) is 0 Å². The average Bonchev–Trinajstić information content (AvgIpc) is 2.41. The summed E-state index contributed by atoms with van der Waals surface area (Å²) in [5, 5.41) is 0. The van der Waals surface area contributed by atoms with E-state index in [9.17, 15) is 8.42 Å². The lowest BCUT2D eigenvalue weighted by molar-refractivity contribution is 0.595. The summed E-state index contributed by atoms with van der Waals surface area (Å²) >= 11 is 3.30. The number of nitrogens with two attached hydrogens (primary N) is 1. The van der Waals surface area contributed by atoms with Crippen LogP contribution in [0.15, 0.2) is 51.8 Å². The Kier molecular flexibility index (Phi) is 4.62. The summed E-state index contributed by atoms with van der Waals surface area (Å²) in [5.41, 5.74) is 8.35. The van der Waals surface area contributed by atoms with Crippen molar-refractivity contribution in [2.24, 2.45) is 5.73 Å². The maximum Gasteiger partial charge on any atom is 0.182 e. The van der Waals surface area contributed by atoms with Gasteiger partial charge < -0.3 is 5.73 Å². The van der Waals surface area contributed by atoms with Gasteiger partial charge in [-0.2, -0.15) is 0 Å². The highest BCUT2D eigenvalue weighted by atomic mass is 79.9. The monoisotopic (exact) mass is 353 g/mol. The van der Waals surface area contributed by atoms with E-state index in [1.807, 2.05) is 25.1 Å². The predicted molar refractivity (Wildman–Crippen MR) is 84.1 cm³/mol. The van der Waals surface area contributed by atoms with Crippen molar-refractivity contribution < 1.29 is 8.42 Å². The standard InChI is InChI=1S/C15H16BrNO2S/c1-11-8-12(9-17)2-3-13(11)10-20(18,19)15-6-4-14(16)5-7-15/h2-8H,9-10,17H2,1H3. The Hall–Kier alpha value is -1.17. The lowest BCUT2D eigenvalue weighted by atomic mass is 10.1. The van der Waals surface area contributed by atoms with E-state index < -0.39 is 9.84 Å². The minimum absolute atomic E-state index is 0.00527. The molecule has 0 heterocycles. The first-order valence-corrected chi connectivity index (χ1v) is 8.64. The van der Waals surface area contributed by atoms with Gasteiger partial charge in [-0.3, -0.25) is 0 Å². The molecule has 0 bridgehead atoms. The lowest BCUT2D eigenvalue weighted by Crippen LogP contribution is -2.07. The largest absolute Gasteiger partial charge is 0.326 e. The first-order valence-electron chi connectivity index (χ1n) is 6.19. The van der Waals surface area contributed by atoms with Gasteiger partial charge in [0.25, 0.3) is 0 Å². The van der Waals surface area contributed by atoms with E-state index in [1.165, 1.54) is 0 Å². The third kappa shape index (κ3) is 3.48. The Morgan fingerprint density at radius 1 is 1.10 bits per heavy atom. The van der Waals surface area contributed by atoms with Crippen LogP contribution in [0, 0.1) is 6.92 Å². The number of benzene rings is 2. The van der Waals surface area contributed by atoms with Gasteiger partial charge in [-0.25, -0.2) is 8.42 Å². The maximum atomic E-state index is 12.4. The van der Waals surface area contributed by atoms with Crippen molar-refractivity contribution >= 4 is 25.8 Å². The second kappa shape index (κ2) is 6.08. The van der Waals surface area contributed by atoms with E-state index in [2.05, 4.69) is 15.9 Å². The summed E-state index contributed by atoms with van der Waals surface area (Å²) in [5.74, 6) is 0.00527. The minimum atomic E-state index is -3.32. The number of halogens is 1. The molecule has 2 rings (SSSR count). The number of hydrogen-bond donors (Lipinski definition) is 1. The fraction of sp³-hybridized carbons (Fsp3) is 0.200. The SMILES string of the molecule is Cc1cc(CN)ccc1CS(=O)(=O)c1ccc(Br)cc1. The van der Waals surface area contributed by atoms with E-state index in [1.54, 1.807) is 24.3 Å². The van der Waals surface area contributed by atoms with Crippen molar-refractivity contribution in [2.75, 3.05) is 0 Å². The molecule has 0 saturated carbocycles. The molecule has 0 aliphatic carbocycles. The third-order valence-corrected chi connectivity index (χ3v) is 5.37. The van der Waals surface area contributed by atoms with Crippen molar-refractivity contribution in [1.82, 2.24) is 0 Å². The molecule has 0 aromatic heterocycles. The molecule has 0 amide bonds. The van der Waals surface area contributed by atoms with Crippen LogP contribution >= 0.6 is 15.9 Å². The zero-order valence-electron chi connectivity index (χ0n) is 11.1. The van der Waals surface area contributed by atoms with Crippen molar-refractivity contribution in [3.63, 3.8) is 0 Å². The molecule has 2 aromatic rings. The maximum absolute atomic E-state index is 12.4. The van der Waals surface area contributed by atoms with Crippen molar-refractivity contribution in [1.29, 1.82) is 0 Å². The van der Waals surface area contributed by atoms with E-state index in [0.29, 0.717) is 11.4 Å². The van der Waals surface area contributed by atoms with Gasteiger partial charge in [0.05, 0.1) is 10.6 Å². The molecule has 0 aliphatic rings. The van der Waals surface area contributed by atoms with Crippen LogP contribution in [0.4, 0.5) is 0 Å². The molecule has 0 aliphatic heterocycles. The summed E-state index contributed by atoms with van der Waals surface area (Å²) in [6.07, 6.45) is 0. The number of hydrogen-bond acceptors (Lipinski definition) is 3. The van der Waals surface area contributed by atoms with Gasteiger partial charge in [0.15, 0.2) is 9.84 Å². The highest BCUT2D eigenvalue weighted by Gasteiger charge is 2.16. The fourth-order valence-electron chi connectivity index (χ4n) is 1.98. The smallest absolute Gasteiger partial charge is 0.182 e. The molecular weight excluding hydrogens is 338 g/mol. The second-order valence-electron chi connectivity index (χ2n) is 4.68. The van der Waals surface area contributed by atoms with Crippen LogP contribution in [0.1, 0.15) is 16.7 Å². The summed E-state index contributed by atoms with van der Waals surface area (Å²) in [6, 6.07) is 12.3. The number of rotatable bonds is 4. The van der Waals surface area contributed by atoms with Crippen LogP contribution in [-0.4, -0.2) is 8.42 Å². The molecule has 0 atom stereocenters. The molecule has 3 nitrogen and oxygen atoms in total. The molecule has 0 unspecified atom stereocenters. The van der Waals surface area contributed by atoms with Gasteiger partial charge in [0, 0.05) is 11.0 Å². The van der Waals surface area contributed by atoms with Crippen LogP contribution in [0.3, 0.4) is 0 Å². The first kappa shape index (κ1) is 15.2. The molecule has 5 heteroatoms. The molecule has 2 aromatic carbocycles. The third-order valence-electron chi connectivity index (χ3n) is 3.16. The minimum Gasteiger partial charge on any atom is -0.326 e. The Labute approximate surface area is 127 Å². The summed E-state index contributed by atoms with van der Waals surface area (Å²) in [7, 11) is -3.32. The van der Waals surface area contributed by atoms with E-state index in [0.717, 1.165) is 21.2 Å². The molecule has 0 fully saturated rings. The zero-order valence-corrected chi connectivity index (χ0v) is 13.5. The number of sulfone groups is 1. The highest BCUT2D eigenvalue weighted by Crippen LogP contribution is 2.21. The Morgan fingerprint density at radius 3 is 2.30 bits per heavy atom. The Balaban J connectivity index is 2.31. The van der Waals surface area contributed by atoms with Crippen LogP contribution in [0.25, 0.3) is 0 Å². The molecule has 20 heavy (non-hydrogen) atoms. The van der Waals surface area contributed by atoms with Crippen LogP contribution in [0.2, 0.25) is 0 Å². The normalized spacial score (nSPS) is 11.6. The fourth-order valence-corrected chi connectivity index (χ4v) is 3.69. The Morgan fingerprint density at radius 2 is 1.75 bits per heavy atom. The van der Waals surface area contributed by atoms with Gasteiger partial charge >= 0.3 is 0 Å². The van der Waals surface area contributed by atoms with Crippen LogP contribution < -0.4 is 5.73 Å². The Bertz CT molecular complexity index is 709. The second-order valence-corrected chi connectivity index (χ2v) is 7.58. The predicted octanol–water partition coefficient (Wildman–Crippen LogP) is 3.19. The highest BCUT2D eigenvalue weighted by molar-refractivity contribution is 9.10. The zero-order chi connectivity index (χ0) is 14.8. The molecule has 106 valence electrons. The molecule has 0 radical (unpaired) electrons. The van der Waals surface area contributed by atoms with Gasteiger partial charge in [-0.05, 0) is 47.9 Å². The van der Waals surface area contributed by atoms with Gasteiger partial charge in [-0.15, -0.1) is 0 Å². The van der Waals surface area contributed by atoms with E-state index in [-0.39, 0.29) is 5.75 Å². The van der Waals surface area contributed by atoms with E-state index in [4.69, 9.17) is 5.73 Å². The summed E-state index contributed by atoms with van der Waals surface area (Å²) in [6.45, 7) is 2.37. The first-order chi connectivity index (χ1) is 9.42. The van der Waals surface area contributed by atoms with Crippen molar-refractivity contribution in [2.45, 2.75) is 24.1 Å². The van der Waals surface area contributed by atoms with Crippen molar-refractivity contribution in [3.05, 3.63) is 63.6 Å².